The average molecular weight is 225 g/mol. The van der Waals surface area contributed by atoms with Gasteiger partial charge in [0, 0.05) is 13.0 Å². The highest BCUT2D eigenvalue weighted by molar-refractivity contribution is 5.69. The van der Waals surface area contributed by atoms with Crippen LogP contribution in [0.1, 0.15) is 6.92 Å². The van der Waals surface area contributed by atoms with Gasteiger partial charge < -0.3 is 9.84 Å². The van der Waals surface area contributed by atoms with Crippen LogP contribution in [0, 0.1) is 0 Å². The van der Waals surface area contributed by atoms with Gasteiger partial charge in [-0.1, -0.05) is 6.07 Å². The summed E-state index contributed by atoms with van der Waals surface area (Å²) in [5, 5.41) is 10.2. The van der Waals surface area contributed by atoms with Gasteiger partial charge >= 0.3 is 5.97 Å². The van der Waals surface area contributed by atoms with E-state index < -0.39 is 12.3 Å². The number of aliphatic hydroxyl groups excluding tert-OH is 1. The second-order valence-corrected chi connectivity index (χ2v) is 3.20. The Kier molecular flexibility index (Phi) is 3.04. The quantitative estimate of drug-likeness (QED) is 0.587. The molecule has 0 radical (unpaired) electrons. The normalized spacial score (nSPS) is 19.9. The number of anilines is 1. The van der Waals surface area contributed by atoms with Crippen LogP contribution in [-0.4, -0.2) is 24.0 Å². The summed E-state index contributed by atoms with van der Waals surface area (Å²) in [5.41, 5.74) is 0.537. The van der Waals surface area contributed by atoms with Crippen LogP contribution in [0.15, 0.2) is 24.3 Å². The minimum atomic E-state index is -0.975. The van der Waals surface area contributed by atoms with Gasteiger partial charge in [0.2, 0.25) is 6.29 Å². The maximum absolute atomic E-state index is 10.8. The van der Waals surface area contributed by atoms with Crippen LogP contribution in [0.5, 0.6) is 5.75 Å². The molecule has 0 amide bonds. The molecule has 1 aromatic carbocycles. The van der Waals surface area contributed by atoms with Gasteiger partial charge in [-0.05, 0) is 12.1 Å². The molecule has 16 heavy (non-hydrogen) atoms. The summed E-state index contributed by atoms with van der Waals surface area (Å²) in [7, 11) is 0. The Labute approximate surface area is 91.8 Å². The van der Waals surface area contributed by atoms with Crippen molar-refractivity contribution in [1.82, 2.24) is 0 Å². The molecule has 2 rings (SSSR count). The summed E-state index contributed by atoms with van der Waals surface area (Å²) in [6.07, 6.45) is -0.975. The van der Waals surface area contributed by atoms with E-state index in [0.717, 1.165) is 5.23 Å². The number of hydrogen-bond acceptors (Lipinski definition) is 6. The maximum Gasteiger partial charge on any atom is 0.308 e. The topological polar surface area (TPSA) is 68.2 Å². The van der Waals surface area contributed by atoms with E-state index in [1.807, 2.05) is 0 Å². The van der Waals surface area contributed by atoms with Crippen LogP contribution in [0.2, 0.25) is 0 Å². The molecule has 1 heterocycles. The van der Waals surface area contributed by atoms with Gasteiger partial charge in [-0.2, -0.15) is 0 Å². The molecule has 6 nitrogen and oxygen atoms in total. The third-order valence-electron chi connectivity index (χ3n) is 1.84. The second kappa shape index (κ2) is 4.48. The lowest BCUT2D eigenvalue weighted by Gasteiger charge is -2.14. The van der Waals surface area contributed by atoms with Gasteiger partial charge in [-0.15, -0.1) is 5.23 Å². The molecule has 0 spiro atoms. The van der Waals surface area contributed by atoms with Crippen molar-refractivity contribution < 1.29 is 24.3 Å². The Morgan fingerprint density at radius 3 is 3.06 bits per heavy atom. The summed E-state index contributed by atoms with van der Waals surface area (Å²) >= 11 is 0. The molecule has 1 saturated heterocycles. The predicted molar refractivity (Wildman–Crippen MR) is 53.3 cm³/mol. The first-order chi connectivity index (χ1) is 7.65. The summed E-state index contributed by atoms with van der Waals surface area (Å²) in [6.45, 7) is 1.39. The van der Waals surface area contributed by atoms with Gasteiger partial charge in [-0.25, -0.2) is 9.68 Å². The smallest absolute Gasteiger partial charge is 0.308 e. The Morgan fingerprint density at radius 1 is 1.62 bits per heavy atom. The molecule has 1 aromatic rings. The molecule has 1 N–H and O–H groups in total. The van der Waals surface area contributed by atoms with Gasteiger partial charge in [0.25, 0.3) is 0 Å². The Morgan fingerprint density at radius 2 is 2.44 bits per heavy atom. The molecule has 0 saturated carbocycles. The van der Waals surface area contributed by atoms with Gasteiger partial charge in [0.1, 0.15) is 12.4 Å². The number of rotatable bonds is 2. The first-order valence-electron chi connectivity index (χ1n) is 4.71. The molecule has 0 aromatic heterocycles. The molecular weight excluding hydrogens is 214 g/mol. The summed E-state index contributed by atoms with van der Waals surface area (Å²) < 4.78 is 4.90. The van der Waals surface area contributed by atoms with Gasteiger partial charge in [-0.3, -0.25) is 4.79 Å². The van der Waals surface area contributed by atoms with E-state index in [2.05, 4.69) is 0 Å². The fourth-order valence-electron chi connectivity index (χ4n) is 1.26. The SMILES string of the molecule is CC(=O)Oc1cccc(N2OC[C@@H](O)O2)c1. The third kappa shape index (κ3) is 2.48. The van der Waals surface area contributed by atoms with E-state index in [1.54, 1.807) is 24.3 Å². The van der Waals surface area contributed by atoms with Crippen molar-refractivity contribution in [3.05, 3.63) is 24.3 Å². The Hall–Kier alpha value is -1.63. The highest BCUT2D eigenvalue weighted by atomic mass is 17.0. The number of hydrogen-bond donors (Lipinski definition) is 1. The fraction of sp³-hybridized carbons (Fsp3) is 0.300. The lowest BCUT2D eigenvalue weighted by Crippen LogP contribution is -2.17. The number of esters is 1. The van der Waals surface area contributed by atoms with E-state index >= 15 is 0 Å². The van der Waals surface area contributed by atoms with Crippen molar-refractivity contribution in [2.75, 3.05) is 11.8 Å². The third-order valence-corrected chi connectivity index (χ3v) is 1.84. The predicted octanol–water partition coefficient (Wildman–Crippen LogP) is 0.613. The second-order valence-electron chi connectivity index (χ2n) is 3.20. The molecule has 86 valence electrons. The monoisotopic (exact) mass is 225 g/mol. The number of benzene rings is 1. The summed E-state index contributed by atoms with van der Waals surface area (Å²) in [4.78, 5) is 20.7. The molecule has 6 heteroatoms. The minimum Gasteiger partial charge on any atom is -0.427 e. The lowest BCUT2D eigenvalue weighted by atomic mass is 10.3. The van der Waals surface area contributed by atoms with Gasteiger partial charge in [0.05, 0.1) is 5.69 Å². The standard InChI is InChI=1S/C10H11NO5/c1-7(12)15-9-4-2-3-8(5-9)11-14-6-10(13)16-11/h2-5,10,13H,6H2,1H3/t10-/m0/s1. The number of aliphatic hydroxyl groups is 1. The molecule has 1 atom stereocenters. The van der Waals surface area contributed by atoms with Crippen molar-refractivity contribution in [1.29, 1.82) is 0 Å². The van der Waals surface area contributed by atoms with Crippen molar-refractivity contribution in [3.63, 3.8) is 0 Å². The van der Waals surface area contributed by atoms with Crippen LogP contribution < -0.4 is 9.96 Å². The highest BCUT2D eigenvalue weighted by Gasteiger charge is 2.23. The van der Waals surface area contributed by atoms with Crippen molar-refractivity contribution in [2.24, 2.45) is 0 Å². The van der Waals surface area contributed by atoms with Crippen molar-refractivity contribution in [3.8, 4) is 5.75 Å². The largest absolute Gasteiger partial charge is 0.427 e. The summed E-state index contributed by atoms with van der Waals surface area (Å²) in [5.74, 6) is -0.0148. The van der Waals surface area contributed by atoms with Crippen LogP contribution >= 0.6 is 0 Å². The number of carbonyl (C=O) groups is 1. The zero-order valence-electron chi connectivity index (χ0n) is 8.62. The van der Waals surface area contributed by atoms with E-state index in [9.17, 15) is 4.79 Å². The lowest BCUT2D eigenvalue weighted by molar-refractivity contribution is -0.131. The van der Waals surface area contributed by atoms with Crippen LogP contribution in [0.3, 0.4) is 0 Å². The fourth-order valence-corrected chi connectivity index (χ4v) is 1.26. The van der Waals surface area contributed by atoms with Crippen LogP contribution in [0.25, 0.3) is 0 Å². The number of ether oxygens (including phenoxy) is 1. The molecule has 0 unspecified atom stereocenters. The molecule has 1 fully saturated rings. The van der Waals surface area contributed by atoms with E-state index in [-0.39, 0.29) is 6.61 Å². The van der Waals surface area contributed by atoms with Gasteiger partial charge in [0.15, 0.2) is 0 Å². The first-order valence-corrected chi connectivity index (χ1v) is 4.71. The zero-order valence-corrected chi connectivity index (χ0v) is 8.62. The Bertz CT molecular complexity index is 395. The number of carbonyl (C=O) groups excluding carboxylic acids is 1. The first kappa shape index (κ1) is 10.9. The van der Waals surface area contributed by atoms with Crippen LogP contribution in [0.4, 0.5) is 5.69 Å². The van der Waals surface area contributed by atoms with E-state index in [1.165, 1.54) is 6.92 Å². The number of nitrogens with zero attached hydrogens (tertiary/aromatic N) is 1. The van der Waals surface area contributed by atoms with Crippen LogP contribution in [-0.2, 0) is 14.5 Å². The summed E-state index contributed by atoms with van der Waals surface area (Å²) in [6, 6.07) is 6.59. The molecule has 1 aliphatic rings. The molecule has 0 aliphatic carbocycles. The molecular formula is C10H11NO5. The maximum atomic E-state index is 10.8. The Balaban J connectivity index is 2.12. The van der Waals surface area contributed by atoms with Crippen molar-refractivity contribution >= 4 is 11.7 Å². The minimum absolute atomic E-state index is 0.0673. The zero-order chi connectivity index (χ0) is 11.5. The van der Waals surface area contributed by atoms with E-state index in [0.29, 0.717) is 11.4 Å². The molecule has 0 bridgehead atoms. The molecule has 1 aliphatic heterocycles. The van der Waals surface area contributed by atoms with E-state index in [4.69, 9.17) is 19.5 Å². The van der Waals surface area contributed by atoms with Crippen molar-refractivity contribution in [2.45, 2.75) is 13.2 Å². The highest BCUT2D eigenvalue weighted by Crippen LogP contribution is 2.24. The average Bonchev–Trinajstić information content (AvgIpc) is 2.64.